The van der Waals surface area contributed by atoms with Gasteiger partial charge in [0.1, 0.15) is 17.7 Å². The molecule has 298 valence electrons. The molecule has 0 spiro atoms. The first-order chi connectivity index (χ1) is 27.3. The Bertz CT molecular complexity index is 2340. The van der Waals surface area contributed by atoms with E-state index in [9.17, 15) is 27.2 Å². The number of carbonyl (C=O) groups is 3. The van der Waals surface area contributed by atoms with Crippen molar-refractivity contribution in [1.29, 1.82) is 0 Å². The third-order valence-corrected chi connectivity index (χ3v) is 14.8. The van der Waals surface area contributed by atoms with E-state index >= 15 is 0 Å². The number of pyridine rings is 1. The summed E-state index contributed by atoms with van der Waals surface area (Å²) in [5.41, 5.74) is 2.93. The highest BCUT2D eigenvalue weighted by atomic mass is 32.2. The molecule has 0 unspecified atom stereocenters. The molecule has 1 saturated heterocycles. The molecule has 2 aliphatic carbocycles. The maximum Gasteiger partial charge on any atom is 0.240 e. The number of benzene rings is 3. The van der Waals surface area contributed by atoms with Crippen LogP contribution in [0.4, 0.5) is 4.39 Å². The monoisotopic (exact) mass is 791 g/mol. The summed E-state index contributed by atoms with van der Waals surface area (Å²) in [7, 11) is -3.94. The lowest BCUT2D eigenvalue weighted by Gasteiger charge is -2.29. The van der Waals surface area contributed by atoms with Gasteiger partial charge in [0.05, 0.1) is 34.0 Å². The van der Waals surface area contributed by atoms with Gasteiger partial charge in [-0.2, -0.15) is 0 Å². The number of halogens is 1. The molecular weight excluding hydrogens is 742 g/mol. The summed E-state index contributed by atoms with van der Waals surface area (Å²) in [6, 6.07) is 23.1. The van der Waals surface area contributed by atoms with Gasteiger partial charge in [0.15, 0.2) is 5.78 Å². The first-order valence-corrected chi connectivity index (χ1v) is 21.8. The number of ether oxygens (including phenoxy) is 1. The van der Waals surface area contributed by atoms with Crippen LogP contribution in [0.3, 0.4) is 0 Å². The fourth-order valence-electron chi connectivity index (χ4n) is 8.71. The third-order valence-electron chi connectivity index (χ3n) is 12.6. The zero-order valence-electron chi connectivity index (χ0n) is 32.6. The van der Waals surface area contributed by atoms with Crippen LogP contribution in [0.25, 0.3) is 22.2 Å². The number of amides is 2. The van der Waals surface area contributed by atoms with Crippen molar-refractivity contribution in [2.75, 3.05) is 6.54 Å². The molecule has 2 amide bonds. The molecule has 8 rings (SSSR count). The number of fused-ring (bicyclic) bond motifs is 3. The molecule has 4 aromatic rings. The second-order valence-corrected chi connectivity index (χ2v) is 19.2. The van der Waals surface area contributed by atoms with Crippen LogP contribution < -0.4 is 9.46 Å². The van der Waals surface area contributed by atoms with Gasteiger partial charge in [0.2, 0.25) is 21.8 Å². The Balaban J connectivity index is 1.14. The van der Waals surface area contributed by atoms with Crippen LogP contribution in [-0.4, -0.2) is 59.3 Å². The van der Waals surface area contributed by atoms with E-state index in [1.165, 1.54) is 12.1 Å². The van der Waals surface area contributed by atoms with Gasteiger partial charge >= 0.3 is 0 Å². The van der Waals surface area contributed by atoms with Crippen molar-refractivity contribution in [2.24, 2.45) is 17.3 Å². The molecule has 57 heavy (non-hydrogen) atoms. The van der Waals surface area contributed by atoms with Crippen molar-refractivity contribution in [3.8, 4) is 17.0 Å². The largest absolute Gasteiger partial charge is 0.488 e. The van der Waals surface area contributed by atoms with Crippen LogP contribution in [0.5, 0.6) is 5.75 Å². The van der Waals surface area contributed by atoms with Gasteiger partial charge in [-0.3, -0.25) is 19.1 Å². The minimum absolute atomic E-state index is 0.139. The number of ketones is 1. The van der Waals surface area contributed by atoms with E-state index in [0.717, 1.165) is 53.4 Å². The molecule has 0 bridgehead atoms. The number of rotatable bonds is 8. The van der Waals surface area contributed by atoms with Gasteiger partial charge in [-0.05, 0) is 100 Å². The highest BCUT2D eigenvalue weighted by Gasteiger charge is 2.62. The quantitative estimate of drug-likeness (QED) is 0.179. The lowest BCUT2D eigenvalue weighted by molar-refractivity contribution is -0.142. The van der Waals surface area contributed by atoms with Crippen LogP contribution in [0.2, 0.25) is 0 Å². The topological polar surface area (TPSA) is 123 Å². The summed E-state index contributed by atoms with van der Waals surface area (Å²) in [5, 5.41) is 0.806. The summed E-state index contributed by atoms with van der Waals surface area (Å²) in [4.78, 5) is 50.2. The van der Waals surface area contributed by atoms with Gasteiger partial charge in [-0.15, -0.1) is 0 Å². The Morgan fingerprint density at radius 2 is 1.81 bits per heavy atom. The fourth-order valence-corrected chi connectivity index (χ4v) is 10.0. The second kappa shape index (κ2) is 15.5. The lowest BCUT2D eigenvalue weighted by atomic mass is 9.90. The maximum absolute atomic E-state index is 14.8. The van der Waals surface area contributed by atoms with Crippen LogP contribution >= 0.6 is 0 Å². The minimum Gasteiger partial charge on any atom is -0.488 e. The first kappa shape index (κ1) is 38.9. The van der Waals surface area contributed by atoms with E-state index in [0.29, 0.717) is 43.4 Å². The Kier molecular flexibility index (Phi) is 10.6. The average molecular weight is 792 g/mol. The van der Waals surface area contributed by atoms with E-state index in [1.807, 2.05) is 79.7 Å². The van der Waals surface area contributed by atoms with Crippen molar-refractivity contribution in [2.45, 2.75) is 101 Å². The molecule has 4 aliphatic rings. The highest BCUT2D eigenvalue weighted by Crippen LogP contribution is 2.57. The fraction of sp³-hybridized carbons (Fsp3) is 0.435. The van der Waals surface area contributed by atoms with Crippen molar-refractivity contribution in [1.82, 2.24) is 14.6 Å². The Morgan fingerprint density at radius 3 is 2.58 bits per heavy atom. The second-order valence-electron chi connectivity index (χ2n) is 17.0. The molecule has 5 atom stereocenters. The zero-order chi connectivity index (χ0) is 40.0. The Hall–Kier alpha value is -4.90. The molecule has 1 N–H and O–H groups in total. The molecule has 3 aromatic carbocycles. The molecule has 11 heteroatoms. The summed E-state index contributed by atoms with van der Waals surface area (Å²) in [6.07, 6.45) is 8.91. The van der Waals surface area contributed by atoms with E-state index in [4.69, 9.17) is 9.72 Å². The van der Waals surface area contributed by atoms with E-state index in [1.54, 1.807) is 17.9 Å². The maximum atomic E-state index is 14.8. The predicted octanol–water partition coefficient (Wildman–Crippen LogP) is 8.04. The van der Waals surface area contributed by atoms with Gasteiger partial charge in [-0.1, -0.05) is 73.5 Å². The Labute approximate surface area is 334 Å². The van der Waals surface area contributed by atoms with E-state index in [-0.39, 0.29) is 42.8 Å². The third kappa shape index (κ3) is 8.13. The van der Waals surface area contributed by atoms with Crippen LogP contribution in [0.15, 0.2) is 91.0 Å². The number of nitrogens with one attached hydrogen (secondary N) is 1. The molecule has 2 aliphatic heterocycles. The average Bonchev–Trinajstić information content (AvgIpc) is 4.07. The van der Waals surface area contributed by atoms with Crippen molar-refractivity contribution >= 4 is 38.5 Å². The number of carbonyl (C=O) groups excluding carboxylic acids is 3. The SMILES string of the molecule is Cc1ccc2c(O[C@@H]3C[C@H]4C(=O)C[C@]5(C(=O)NS(=O)(=O)C6(C)CC6)C[C@@H]5/C=C\CCCCC[C@H](Cc5cccc(F)c5)C(=O)N4C3)cc(-c3ccccc3)nc2c1. The van der Waals surface area contributed by atoms with Crippen LogP contribution in [0.1, 0.15) is 82.3 Å². The molecule has 0 radical (unpaired) electrons. The summed E-state index contributed by atoms with van der Waals surface area (Å²) < 4.78 is 49.1. The number of sulfonamides is 1. The minimum atomic E-state index is -3.94. The summed E-state index contributed by atoms with van der Waals surface area (Å²) in [5.74, 6) is -1.74. The number of allylic oxidation sites excluding steroid dienone is 2. The van der Waals surface area contributed by atoms with Gasteiger partial charge in [0.25, 0.3) is 0 Å². The smallest absolute Gasteiger partial charge is 0.240 e. The number of aryl methyl sites for hydroxylation is 1. The van der Waals surface area contributed by atoms with Gasteiger partial charge in [0, 0.05) is 35.8 Å². The van der Waals surface area contributed by atoms with E-state index in [2.05, 4.69) is 4.72 Å². The summed E-state index contributed by atoms with van der Waals surface area (Å²) >= 11 is 0. The van der Waals surface area contributed by atoms with Gasteiger partial charge in [-0.25, -0.2) is 17.8 Å². The number of hydrogen-bond acceptors (Lipinski definition) is 7. The molecule has 2 saturated carbocycles. The predicted molar refractivity (Wildman–Crippen MR) is 217 cm³/mol. The van der Waals surface area contributed by atoms with E-state index < -0.39 is 44.2 Å². The first-order valence-electron chi connectivity index (χ1n) is 20.3. The molecule has 3 fully saturated rings. The number of hydrogen-bond donors (Lipinski definition) is 1. The number of aromatic nitrogens is 1. The van der Waals surface area contributed by atoms with Crippen molar-refractivity contribution in [3.05, 3.63) is 108 Å². The molecule has 9 nitrogen and oxygen atoms in total. The lowest BCUT2D eigenvalue weighted by Crippen LogP contribution is -2.47. The normalized spacial score (nSPS) is 26.8. The zero-order valence-corrected chi connectivity index (χ0v) is 33.4. The molecular formula is C46H50FN3O6S. The molecule has 3 heterocycles. The molecule has 1 aromatic heterocycles. The van der Waals surface area contributed by atoms with Crippen molar-refractivity contribution in [3.63, 3.8) is 0 Å². The standard InChI is InChI=1S/C46H50FN3O6S/c1-30-18-19-37-39(22-30)48-38(32-13-8-6-9-14-32)26-42(37)56-36-25-40-41(51)28-46(44(53)49-57(54,55)45(2)20-21-45)27-34(46)16-10-5-3-4-7-15-33(43(52)50(40)29-36)23-31-12-11-17-35(47)24-31/h6,8-14,16-19,22,24,26,33-34,36,40H,3-5,7,15,20-21,23,25,27-29H2,1-2H3,(H,49,53)/b16-10-/t33-,34+,36-,40+,46-/m1/s1. The van der Waals surface area contributed by atoms with Crippen LogP contribution in [-0.2, 0) is 30.8 Å². The number of nitrogens with zero attached hydrogens (tertiary/aromatic N) is 2. The van der Waals surface area contributed by atoms with Crippen LogP contribution in [0, 0.1) is 30.0 Å². The number of Topliss-reactive ketones (excluding diaryl/α,β-unsaturated/α-hetero) is 1. The van der Waals surface area contributed by atoms with Gasteiger partial charge < -0.3 is 9.64 Å². The highest BCUT2D eigenvalue weighted by molar-refractivity contribution is 7.91. The summed E-state index contributed by atoms with van der Waals surface area (Å²) in [6.45, 7) is 3.77. The van der Waals surface area contributed by atoms with Crippen molar-refractivity contribution < 1.29 is 31.9 Å². The Morgan fingerprint density at radius 1 is 1.00 bits per heavy atom.